The van der Waals surface area contributed by atoms with Gasteiger partial charge in [-0.1, -0.05) is 41.5 Å². The second-order valence-corrected chi connectivity index (χ2v) is 5.55. The second-order valence-electron chi connectivity index (χ2n) is 5.55. The van der Waals surface area contributed by atoms with Crippen LogP contribution in [-0.4, -0.2) is 26.7 Å². The fourth-order valence-corrected chi connectivity index (χ4v) is 2.53. The average Bonchev–Trinajstić information content (AvgIpc) is 2.70. The van der Waals surface area contributed by atoms with Crippen LogP contribution >= 0.6 is 0 Å². The minimum absolute atomic E-state index is 0.0176. The second kappa shape index (κ2) is 9.96. The van der Waals surface area contributed by atoms with Gasteiger partial charge in [-0.2, -0.15) is 0 Å². The van der Waals surface area contributed by atoms with Crippen molar-refractivity contribution < 1.29 is 14.3 Å². The molecule has 1 unspecified atom stereocenters. The number of nitrogens with one attached hydrogen (secondary N) is 1. The van der Waals surface area contributed by atoms with Gasteiger partial charge in [0.25, 0.3) is 0 Å². The van der Waals surface area contributed by atoms with E-state index in [2.05, 4.69) is 15.3 Å². The molecule has 1 N–H and O–H groups in total. The average molecular weight is 354 g/mol. The Balaban J connectivity index is 2.16. The Kier molecular flexibility index (Phi) is 7.33. The van der Waals surface area contributed by atoms with Gasteiger partial charge in [0.2, 0.25) is 5.91 Å². The van der Waals surface area contributed by atoms with Gasteiger partial charge in [0, 0.05) is 18.4 Å². The SMILES string of the molecule is CNC(=O)CCCOc1ccc(C(N=[N+]=[N-])c2ccccc2)cc1OC. The number of rotatable bonds is 9. The number of methoxy groups -OCH3 is 1. The number of azide groups is 1. The van der Waals surface area contributed by atoms with Crippen LogP contribution < -0.4 is 14.8 Å². The number of benzene rings is 2. The molecule has 0 fully saturated rings. The van der Waals surface area contributed by atoms with E-state index in [0.29, 0.717) is 30.9 Å². The number of carbonyl (C=O) groups is 1. The van der Waals surface area contributed by atoms with Gasteiger partial charge in [-0.3, -0.25) is 4.79 Å². The molecule has 2 rings (SSSR count). The molecule has 1 amide bonds. The van der Waals surface area contributed by atoms with Crippen molar-refractivity contribution in [3.63, 3.8) is 0 Å². The standard InChI is InChI=1S/C19H22N4O3/c1-21-18(24)9-6-12-26-16-11-10-15(13-17(16)25-2)19(22-23-20)14-7-4-3-5-8-14/h3-5,7-8,10-11,13,19H,6,9,12H2,1-2H3,(H,21,24). The molecule has 2 aromatic rings. The summed E-state index contributed by atoms with van der Waals surface area (Å²) in [6.45, 7) is 0.404. The molecule has 0 aromatic heterocycles. The Morgan fingerprint density at radius 2 is 1.96 bits per heavy atom. The van der Waals surface area contributed by atoms with Gasteiger partial charge in [0.15, 0.2) is 11.5 Å². The molecular formula is C19H22N4O3. The molecule has 0 heterocycles. The molecule has 136 valence electrons. The summed E-state index contributed by atoms with van der Waals surface area (Å²) in [6, 6.07) is 14.5. The molecule has 0 aliphatic carbocycles. The van der Waals surface area contributed by atoms with Gasteiger partial charge >= 0.3 is 0 Å². The summed E-state index contributed by atoms with van der Waals surface area (Å²) in [5.41, 5.74) is 10.6. The first-order valence-corrected chi connectivity index (χ1v) is 8.30. The maximum Gasteiger partial charge on any atom is 0.219 e. The summed E-state index contributed by atoms with van der Waals surface area (Å²) in [4.78, 5) is 14.2. The zero-order chi connectivity index (χ0) is 18.8. The predicted octanol–water partition coefficient (Wildman–Crippen LogP) is 4.00. The Bertz CT molecular complexity index is 774. The molecule has 7 nitrogen and oxygen atoms in total. The van der Waals surface area contributed by atoms with E-state index < -0.39 is 6.04 Å². The Morgan fingerprint density at radius 1 is 1.19 bits per heavy atom. The first-order chi connectivity index (χ1) is 12.7. The van der Waals surface area contributed by atoms with Crippen molar-refractivity contribution in [3.8, 4) is 11.5 Å². The van der Waals surface area contributed by atoms with Crippen LogP contribution in [0.25, 0.3) is 10.4 Å². The van der Waals surface area contributed by atoms with Gasteiger partial charge in [-0.15, -0.1) is 0 Å². The maximum absolute atomic E-state index is 11.2. The molecule has 0 radical (unpaired) electrons. The third kappa shape index (κ3) is 5.16. The molecule has 26 heavy (non-hydrogen) atoms. The highest BCUT2D eigenvalue weighted by molar-refractivity contribution is 5.75. The lowest BCUT2D eigenvalue weighted by atomic mass is 9.99. The molecule has 7 heteroatoms. The van der Waals surface area contributed by atoms with E-state index >= 15 is 0 Å². The lowest BCUT2D eigenvalue weighted by Crippen LogP contribution is -2.18. The van der Waals surface area contributed by atoms with Crippen LogP contribution in [0.15, 0.2) is 53.6 Å². The Hall–Kier alpha value is -3.18. The third-order valence-corrected chi connectivity index (χ3v) is 3.87. The summed E-state index contributed by atoms with van der Waals surface area (Å²) in [6.07, 6.45) is 1.01. The molecule has 0 aliphatic heterocycles. The van der Waals surface area contributed by atoms with Crippen LogP contribution in [-0.2, 0) is 4.79 Å². The van der Waals surface area contributed by atoms with E-state index in [-0.39, 0.29) is 5.91 Å². The lowest BCUT2D eigenvalue weighted by Gasteiger charge is -2.16. The number of carbonyl (C=O) groups excluding carboxylic acids is 1. The van der Waals surface area contributed by atoms with Crippen LogP contribution in [0.4, 0.5) is 0 Å². The molecule has 0 saturated carbocycles. The van der Waals surface area contributed by atoms with Crippen molar-refractivity contribution in [1.29, 1.82) is 0 Å². The summed E-state index contributed by atoms with van der Waals surface area (Å²) in [5, 5.41) is 6.49. The smallest absolute Gasteiger partial charge is 0.219 e. The fourth-order valence-electron chi connectivity index (χ4n) is 2.53. The van der Waals surface area contributed by atoms with Crippen molar-refractivity contribution in [1.82, 2.24) is 5.32 Å². The largest absolute Gasteiger partial charge is 0.493 e. The summed E-state index contributed by atoms with van der Waals surface area (Å²) < 4.78 is 11.1. The fraction of sp³-hybridized carbons (Fsp3) is 0.316. The van der Waals surface area contributed by atoms with Gasteiger partial charge in [-0.25, -0.2) is 0 Å². The number of nitrogens with zero attached hydrogens (tertiary/aromatic N) is 3. The zero-order valence-corrected chi connectivity index (χ0v) is 14.9. The van der Waals surface area contributed by atoms with E-state index in [1.54, 1.807) is 26.3 Å². The molecule has 2 aromatic carbocycles. The summed E-state index contributed by atoms with van der Waals surface area (Å²) >= 11 is 0. The highest BCUT2D eigenvalue weighted by Crippen LogP contribution is 2.34. The summed E-state index contributed by atoms with van der Waals surface area (Å²) in [7, 11) is 3.17. The topological polar surface area (TPSA) is 96.3 Å². The Morgan fingerprint density at radius 3 is 2.62 bits per heavy atom. The van der Waals surface area contributed by atoms with Gasteiger partial charge in [0.05, 0.1) is 19.8 Å². The molecule has 0 saturated heterocycles. The minimum Gasteiger partial charge on any atom is -0.493 e. The molecule has 0 bridgehead atoms. The normalized spacial score (nSPS) is 11.2. The van der Waals surface area contributed by atoms with Gasteiger partial charge < -0.3 is 14.8 Å². The van der Waals surface area contributed by atoms with Crippen LogP contribution in [0.2, 0.25) is 0 Å². The van der Waals surface area contributed by atoms with E-state index in [1.807, 2.05) is 36.4 Å². The highest BCUT2D eigenvalue weighted by Gasteiger charge is 2.15. The molecule has 0 spiro atoms. The van der Waals surface area contributed by atoms with Crippen molar-refractivity contribution in [2.45, 2.75) is 18.9 Å². The van der Waals surface area contributed by atoms with Gasteiger partial charge in [-0.05, 0) is 35.2 Å². The van der Waals surface area contributed by atoms with E-state index in [1.165, 1.54) is 0 Å². The monoisotopic (exact) mass is 354 g/mol. The molecular weight excluding hydrogens is 332 g/mol. The number of hydrogen-bond donors (Lipinski definition) is 1. The van der Waals surface area contributed by atoms with Crippen LogP contribution in [0.1, 0.15) is 30.0 Å². The van der Waals surface area contributed by atoms with Crippen LogP contribution in [0.5, 0.6) is 11.5 Å². The van der Waals surface area contributed by atoms with Gasteiger partial charge in [0.1, 0.15) is 0 Å². The molecule has 0 aliphatic rings. The van der Waals surface area contributed by atoms with E-state index in [0.717, 1.165) is 11.1 Å². The number of ether oxygens (including phenoxy) is 2. The quantitative estimate of drug-likeness (QED) is 0.319. The first kappa shape index (κ1) is 19.1. The molecule has 1 atom stereocenters. The Labute approximate surface area is 152 Å². The lowest BCUT2D eigenvalue weighted by molar-refractivity contribution is -0.120. The highest BCUT2D eigenvalue weighted by atomic mass is 16.5. The van der Waals surface area contributed by atoms with Crippen molar-refractivity contribution >= 4 is 5.91 Å². The van der Waals surface area contributed by atoms with Crippen molar-refractivity contribution in [2.24, 2.45) is 5.11 Å². The summed E-state index contributed by atoms with van der Waals surface area (Å²) in [5.74, 6) is 1.12. The van der Waals surface area contributed by atoms with Crippen LogP contribution in [0, 0.1) is 0 Å². The number of hydrogen-bond acceptors (Lipinski definition) is 4. The van der Waals surface area contributed by atoms with Crippen LogP contribution in [0.3, 0.4) is 0 Å². The minimum atomic E-state index is -0.447. The maximum atomic E-state index is 11.2. The van der Waals surface area contributed by atoms with Crippen molar-refractivity contribution in [3.05, 3.63) is 70.1 Å². The van der Waals surface area contributed by atoms with E-state index in [4.69, 9.17) is 15.0 Å². The first-order valence-electron chi connectivity index (χ1n) is 8.30. The zero-order valence-electron chi connectivity index (χ0n) is 14.9. The third-order valence-electron chi connectivity index (χ3n) is 3.87. The van der Waals surface area contributed by atoms with E-state index in [9.17, 15) is 4.79 Å². The van der Waals surface area contributed by atoms with Crippen molar-refractivity contribution in [2.75, 3.05) is 20.8 Å². The number of amides is 1. The predicted molar refractivity (Wildman–Crippen MR) is 99.2 cm³/mol.